The normalized spacial score (nSPS) is 16.1. The lowest BCUT2D eigenvalue weighted by molar-refractivity contribution is 0.0570. The Labute approximate surface area is 306 Å². The molecule has 0 amide bonds. The SMILES string of the molecule is Cn1ccnc1-c1cccc([C@H](Nc2cc(Cl)c3ncc(C#N)c(Nc4ccc(F)c(Cl)c4)c3c2)C2=CN(C3CCN(C(C)(C)C)CC3)NN2)c1. The number of likely N-dealkylation sites (tertiary alicyclic amines) is 1. The van der Waals surface area contributed by atoms with Gasteiger partial charge in [0.2, 0.25) is 0 Å². The van der Waals surface area contributed by atoms with Crippen LogP contribution in [0, 0.1) is 17.1 Å². The average Bonchev–Trinajstić information content (AvgIpc) is 3.78. The van der Waals surface area contributed by atoms with E-state index in [1.165, 1.54) is 18.3 Å². The quantitative estimate of drug-likeness (QED) is 0.126. The van der Waals surface area contributed by atoms with Crippen LogP contribution in [0.1, 0.15) is 50.8 Å². The van der Waals surface area contributed by atoms with Crippen LogP contribution < -0.4 is 21.6 Å². The Morgan fingerprint density at radius 1 is 1.02 bits per heavy atom. The summed E-state index contributed by atoms with van der Waals surface area (Å²) in [5.41, 5.74) is 12.4. The number of hydrogen-bond acceptors (Lipinski definition) is 9. The van der Waals surface area contributed by atoms with Gasteiger partial charge in [0.25, 0.3) is 0 Å². The largest absolute Gasteiger partial charge is 0.373 e. The number of fused-ring (bicyclic) bond motifs is 1. The van der Waals surface area contributed by atoms with E-state index in [9.17, 15) is 9.65 Å². The van der Waals surface area contributed by atoms with Crippen LogP contribution in [0.4, 0.5) is 21.5 Å². The number of pyridine rings is 1. The molecule has 3 aromatic carbocycles. The molecule has 0 radical (unpaired) electrons. The monoisotopic (exact) mass is 724 g/mol. The molecule has 0 bridgehead atoms. The number of piperidine rings is 1. The minimum Gasteiger partial charge on any atom is -0.373 e. The Bertz CT molecular complexity index is 2160. The highest BCUT2D eigenvalue weighted by atomic mass is 35.5. The molecule has 13 heteroatoms. The van der Waals surface area contributed by atoms with Crippen molar-refractivity contribution >= 4 is 51.2 Å². The molecule has 0 saturated carbocycles. The van der Waals surface area contributed by atoms with E-state index in [1.54, 1.807) is 12.3 Å². The third kappa shape index (κ3) is 7.18. The van der Waals surface area contributed by atoms with Gasteiger partial charge in [-0.15, -0.1) is 5.53 Å². The van der Waals surface area contributed by atoms with Gasteiger partial charge in [-0.1, -0.05) is 41.4 Å². The second kappa shape index (κ2) is 14.0. The summed E-state index contributed by atoms with van der Waals surface area (Å²) in [7, 11) is 1.98. The van der Waals surface area contributed by atoms with Crippen LogP contribution in [0.3, 0.4) is 0 Å². The van der Waals surface area contributed by atoms with Gasteiger partial charge in [-0.25, -0.2) is 9.37 Å². The first-order chi connectivity index (χ1) is 24.5. The van der Waals surface area contributed by atoms with Crippen molar-refractivity contribution in [3.8, 4) is 17.5 Å². The number of aryl methyl sites for hydroxylation is 1. The molecule has 0 unspecified atom stereocenters. The summed E-state index contributed by atoms with van der Waals surface area (Å²) in [6.07, 6.45) is 9.40. The molecule has 262 valence electrons. The summed E-state index contributed by atoms with van der Waals surface area (Å²) in [4.78, 5) is 11.6. The zero-order valence-electron chi connectivity index (χ0n) is 28.8. The molecular weight excluding hydrogens is 686 g/mol. The number of imidazole rings is 1. The third-order valence-electron chi connectivity index (χ3n) is 9.57. The lowest BCUT2D eigenvalue weighted by atomic mass is 9.97. The van der Waals surface area contributed by atoms with E-state index in [2.05, 4.69) is 92.7 Å². The van der Waals surface area contributed by atoms with E-state index in [0.29, 0.717) is 44.6 Å². The van der Waals surface area contributed by atoms with Gasteiger partial charge in [0.05, 0.1) is 38.6 Å². The van der Waals surface area contributed by atoms with Crippen LogP contribution >= 0.6 is 23.2 Å². The lowest BCUT2D eigenvalue weighted by Crippen LogP contribution is -2.52. The van der Waals surface area contributed by atoms with Gasteiger partial charge in [0, 0.05) is 78.8 Å². The summed E-state index contributed by atoms with van der Waals surface area (Å²) in [5, 5.41) is 20.2. The fraction of sp³-hybridized carbons (Fsp3) is 0.289. The maximum atomic E-state index is 14.0. The molecule has 51 heavy (non-hydrogen) atoms. The predicted octanol–water partition coefficient (Wildman–Crippen LogP) is 8.28. The van der Waals surface area contributed by atoms with Gasteiger partial charge < -0.3 is 20.6 Å². The van der Waals surface area contributed by atoms with E-state index in [0.717, 1.165) is 48.6 Å². The molecule has 1 saturated heterocycles. The van der Waals surface area contributed by atoms with Crippen LogP contribution in [-0.2, 0) is 7.05 Å². The fourth-order valence-corrected chi connectivity index (χ4v) is 7.24. The first-order valence-corrected chi connectivity index (χ1v) is 17.6. The number of nitrogens with zero attached hydrogens (tertiary/aromatic N) is 6. The van der Waals surface area contributed by atoms with Crippen LogP contribution in [0.25, 0.3) is 22.3 Å². The number of halogens is 3. The Balaban J connectivity index is 1.27. The number of hydrazine groups is 2. The highest BCUT2D eigenvalue weighted by molar-refractivity contribution is 6.36. The maximum Gasteiger partial charge on any atom is 0.141 e. The molecule has 5 aromatic rings. The second-order valence-corrected chi connectivity index (χ2v) is 14.8. The number of nitriles is 1. The summed E-state index contributed by atoms with van der Waals surface area (Å²) >= 11 is 13.0. The molecule has 2 aromatic heterocycles. The zero-order chi connectivity index (χ0) is 35.9. The standard InChI is InChI=1S/C38H39Cl2FN10/c1-38(2,3)50-13-10-28(11-14-50)51-22-33(47-48-51)35(23-6-5-7-24(16-23)37-43-12-15-49(37)4)46-27-17-29-34(45-26-8-9-32(41)30(39)18-26)25(20-42)21-44-36(29)31(40)19-27/h5-9,12,15-19,21-22,28,35,46-48H,10-11,13-14H2,1-4H3,(H,44,45)/t35-/m0/s1. The van der Waals surface area contributed by atoms with Crippen molar-refractivity contribution in [3.63, 3.8) is 0 Å². The maximum absolute atomic E-state index is 14.0. The van der Waals surface area contributed by atoms with Gasteiger partial charge in [0.15, 0.2) is 0 Å². The Morgan fingerprint density at radius 2 is 1.80 bits per heavy atom. The summed E-state index contributed by atoms with van der Waals surface area (Å²) < 4.78 is 16.0. The zero-order valence-corrected chi connectivity index (χ0v) is 30.3. The smallest absolute Gasteiger partial charge is 0.141 e. The van der Waals surface area contributed by atoms with Crippen molar-refractivity contribution in [1.82, 2.24) is 35.4 Å². The van der Waals surface area contributed by atoms with Crippen molar-refractivity contribution in [2.45, 2.75) is 51.2 Å². The van der Waals surface area contributed by atoms with Gasteiger partial charge in [-0.2, -0.15) is 5.26 Å². The molecule has 0 aliphatic carbocycles. The number of rotatable bonds is 8. The van der Waals surface area contributed by atoms with E-state index in [4.69, 9.17) is 23.2 Å². The molecule has 4 N–H and O–H groups in total. The van der Waals surface area contributed by atoms with Crippen molar-refractivity contribution < 1.29 is 4.39 Å². The lowest BCUT2D eigenvalue weighted by Gasteiger charge is -2.42. The van der Waals surface area contributed by atoms with Gasteiger partial charge in [0.1, 0.15) is 17.7 Å². The first-order valence-electron chi connectivity index (χ1n) is 16.8. The second-order valence-electron chi connectivity index (χ2n) is 13.9. The molecule has 1 fully saturated rings. The number of anilines is 3. The Hall–Kier alpha value is -4.86. The molecule has 7 rings (SSSR count). The first kappa shape index (κ1) is 34.6. The fourth-order valence-electron chi connectivity index (χ4n) is 6.79. The number of hydrogen-bond donors (Lipinski definition) is 4. The third-order valence-corrected chi connectivity index (χ3v) is 10.1. The highest BCUT2D eigenvalue weighted by Crippen LogP contribution is 2.38. The van der Waals surface area contributed by atoms with E-state index >= 15 is 0 Å². The molecule has 2 aliphatic rings. The van der Waals surface area contributed by atoms with Crippen molar-refractivity contribution in [2.24, 2.45) is 7.05 Å². The molecule has 2 aliphatic heterocycles. The minimum absolute atomic E-state index is 0.0346. The number of aromatic nitrogens is 3. The molecule has 1 atom stereocenters. The molecule has 4 heterocycles. The van der Waals surface area contributed by atoms with Crippen molar-refractivity contribution in [3.05, 3.63) is 112 Å². The van der Waals surface area contributed by atoms with E-state index in [-0.39, 0.29) is 16.6 Å². The predicted molar refractivity (Wildman–Crippen MR) is 202 cm³/mol. The summed E-state index contributed by atoms with van der Waals surface area (Å²) in [6, 6.07) is 18.6. The molecular formula is C38H39Cl2FN10. The number of nitrogens with one attached hydrogen (secondary N) is 4. The van der Waals surface area contributed by atoms with Gasteiger partial charge in [-0.05, 0) is 75.6 Å². The van der Waals surface area contributed by atoms with E-state index < -0.39 is 5.82 Å². The highest BCUT2D eigenvalue weighted by Gasteiger charge is 2.32. The van der Waals surface area contributed by atoms with Gasteiger partial charge in [-0.3, -0.25) is 14.9 Å². The van der Waals surface area contributed by atoms with Crippen molar-refractivity contribution in [2.75, 3.05) is 23.7 Å². The average molecular weight is 726 g/mol. The van der Waals surface area contributed by atoms with Crippen molar-refractivity contribution in [1.29, 1.82) is 5.26 Å². The molecule has 10 nitrogen and oxygen atoms in total. The van der Waals surface area contributed by atoms with Crippen LogP contribution in [0.15, 0.2) is 85.1 Å². The Morgan fingerprint density at radius 3 is 2.51 bits per heavy atom. The summed E-state index contributed by atoms with van der Waals surface area (Å²) in [6.45, 7) is 8.85. The van der Waals surface area contributed by atoms with Crippen LogP contribution in [0.2, 0.25) is 10.0 Å². The Kier molecular flexibility index (Phi) is 9.52. The summed E-state index contributed by atoms with van der Waals surface area (Å²) in [5.74, 6) is 0.322. The minimum atomic E-state index is -0.534. The number of benzene rings is 3. The van der Waals surface area contributed by atoms with Gasteiger partial charge >= 0.3 is 0 Å². The van der Waals surface area contributed by atoms with Crippen LogP contribution in [0.5, 0.6) is 0 Å². The molecule has 0 spiro atoms. The van der Waals surface area contributed by atoms with E-state index in [1.807, 2.05) is 36.0 Å². The van der Waals surface area contributed by atoms with Crippen LogP contribution in [-0.4, -0.2) is 49.1 Å². The topological polar surface area (TPSA) is 109 Å².